The molecule has 7 nitrogen and oxygen atoms in total. The predicted molar refractivity (Wildman–Crippen MR) is 110 cm³/mol. The summed E-state index contributed by atoms with van der Waals surface area (Å²) in [6.07, 6.45) is 1.64. The fraction of sp³-hybridized carbons (Fsp3) is 0.227. The molecule has 0 radical (unpaired) electrons. The van der Waals surface area contributed by atoms with Crippen molar-refractivity contribution in [3.05, 3.63) is 54.6 Å². The van der Waals surface area contributed by atoms with Crippen molar-refractivity contribution >= 4 is 17.6 Å². The zero-order valence-electron chi connectivity index (χ0n) is 16.9. The van der Waals surface area contributed by atoms with Crippen molar-refractivity contribution in [2.45, 2.75) is 6.48 Å². The molecule has 0 atom stereocenters. The van der Waals surface area contributed by atoms with Gasteiger partial charge in [0.05, 0.1) is 19.8 Å². The molecule has 0 bridgehead atoms. The monoisotopic (exact) mass is 400 g/mol. The van der Waals surface area contributed by atoms with E-state index >= 15 is 0 Å². The van der Waals surface area contributed by atoms with Crippen LogP contribution in [0, 0.1) is 0 Å². The number of hydrogen-bond acceptors (Lipinski definition) is 6. The minimum Gasteiger partial charge on any atom is -0.493 e. The Kier molecular flexibility index (Phi) is 7.41. The highest BCUT2D eigenvalue weighted by Crippen LogP contribution is 2.48. The normalized spacial score (nSPS) is 10.5. The first kappa shape index (κ1) is 22.0. The molecule has 2 rings (SSSR count). The van der Waals surface area contributed by atoms with Crippen LogP contribution in [-0.2, 0) is 14.3 Å². The Hall–Kier alpha value is -3.29. The molecule has 0 aliphatic heterocycles. The minimum atomic E-state index is -1.10. The fourth-order valence-corrected chi connectivity index (χ4v) is 2.83. The van der Waals surface area contributed by atoms with Crippen LogP contribution >= 0.6 is 0 Å². The van der Waals surface area contributed by atoms with E-state index in [0.29, 0.717) is 39.5 Å². The van der Waals surface area contributed by atoms with E-state index in [1.54, 1.807) is 30.3 Å². The smallest absolute Gasteiger partial charge is 0.335 e. The Balaban J connectivity index is 2.81. The third-order valence-corrected chi connectivity index (χ3v) is 4.23. The highest BCUT2D eigenvalue weighted by molar-refractivity contribution is 6.14. The lowest BCUT2D eigenvalue weighted by Gasteiger charge is -2.23. The Morgan fingerprint density at radius 3 is 2.28 bits per heavy atom. The standard InChI is InChI=1S/C22H24O7/c1-7-14-12-17(25-3)19(26-4)20(29-22(27-5)28-6)18(14)16-10-8-9-15(11-16)13(2)21(23)24/h7-12,22H,1-2H2,3-6H3,(H,23,24). The number of ether oxygens (including phenoxy) is 5. The Labute approximate surface area is 169 Å². The third kappa shape index (κ3) is 4.59. The molecule has 0 fully saturated rings. The van der Waals surface area contributed by atoms with Crippen molar-refractivity contribution in [1.29, 1.82) is 0 Å². The summed E-state index contributed by atoms with van der Waals surface area (Å²) in [5.74, 6) is -0.0462. The van der Waals surface area contributed by atoms with Crippen LogP contribution < -0.4 is 14.2 Å². The molecule has 7 heteroatoms. The predicted octanol–water partition coefficient (Wildman–Crippen LogP) is 4.07. The van der Waals surface area contributed by atoms with Crippen molar-refractivity contribution in [3.8, 4) is 28.4 Å². The molecule has 0 amide bonds. The van der Waals surface area contributed by atoms with Gasteiger partial charge in [-0.25, -0.2) is 4.79 Å². The summed E-state index contributed by atoms with van der Waals surface area (Å²) in [4.78, 5) is 11.3. The van der Waals surface area contributed by atoms with Gasteiger partial charge >= 0.3 is 12.4 Å². The van der Waals surface area contributed by atoms with Gasteiger partial charge in [0.25, 0.3) is 0 Å². The lowest BCUT2D eigenvalue weighted by Crippen LogP contribution is -2.21. The van der Waals surface area contributed by atoms with Gasteiger partial charge < -0.3 is 28.8 Å². The van der Waals surface area contributed by atoms with Gasteiger partial charge in [-0.1, -0.05) is 37.4 Å². The molecule has 29 heavy (non-hydrogen) atoms. The van der Waals surface area contributed by atoms with Gasteiger partial charge in [0.15, 0.2) is 11.5 Å². The van der Waals surface area contributed by atoms with E-state index in [2.05, 4.69) is 13.2 Å². The fourth-order valence-electron chi connectivity index (χ4n) is 2.83. The minimum absolute atomic E-state index is 0.0263. The van der Waals surface area contributed by atoms with Gasteiger partial charge in [-0.3, -0.25) is 0 Å². The third-order valence-electron chi connectivity index (χ3n) is 4.23. The lowest BCUT2D eigenvalue weighted by atomic mass is 9.94. The van der Waals surface area contributed by atoms with Crippen LogP contribution in [0.15, 0.2) is 43.5 Å². The summed E-state index contributed by atoms with van der Waals surface area (Å²) in [7, 11) is 5.87. The quantitative estimate of drug-likeness (QED) is 0.475. The highest BCUT2D eigenvalue weighted by Gasteiger charge is 2.24. The average Bonchev–Trinajstić information content (AvgIpc) is 2.75. The molecule has 0 unspecified atom stereocenters. The second-order valence-corrected chi connectivity index (χ2v) is 5.85. The van der Waals surface area contributed by atoms with E-state index in [9.17, 15) is 9.90 Å². The van der Waals surface area contributed by atoms with Crippen LogP contribution in [0.1, 0.15) is 11.1 Å². The van der Waals surface area contributed by atoms with Crippen molar-refractivity contribution < 1.29 is 33.6 Å². The Bertz CT molecular complexity index is 914. The molecular formula is C22H24O7. The van der Waals surface area contributed by atoms with E-state index in [0.717, 1.165) is 0 Å². The van der Waals surface area contributed by atoms with Gasteiger partial charge in [-0.15, -0.1) is 0 Å². The summed E-state index contributed by atoms with van der Waals surface area (Å²) in [5.41, 5.74) is 2.39. The maximum absolute atomic E-state index is 11.3. The molecule has 0 aliphatic rings. The number of aliphatic carboxylic acids is 1. The van der Waals surface area contributed by atoms with Crippen molar-refractivity contribution in [2.24, 2.45) is 0 Å². The van der Waals surface area contributed by atoms with Gasteiger partial charge in [0.2, 0.25) is 5.75 Å². The maximum Gasteiger partial charge on any atom is 0.335 e. The molecular weight excluding hydrogens is 376 g/mol. The molecule has 0 saturated heterocycles. The molecule has 0 heterocycles. The Morgan fingerprint density at radius 1 is 1.07 bits per heavy atom. The van der Waals surface area contributed by atoms with Crippen LogP contribution in [0.2, 0.25) is 0 Å². The summed E-state index contributed by atoms with van der Waals surface area (Å²) < 4.78 is 27.2. The molecule has 0 aromatic heterocycles. The number of benzene rings is 2. The molecule has 2 aromatic carbocycles. The summed E-state index contributed by atoms with van der Waals surface area (Å²) in [6, 6.07) is 8.67. The summed E-state index contributed by atoms with van der Waals surface area (Å²) in [5, 5.41) is 9.28. The number of methoxy groups -OCH3 is 4. The SMILES string of the molecule is C=Cc1cc(OC)c(OC)c(OC(OC)OC)c1-c1cccc(C(=C)C(=O)O)c1. The van der Waals surface area contributed by atoms with Gasteiger partial charge in [-0.05, 0) is 28.8 Å². The number of carbonyl (C=O) groups is 1. The second kappa shape index (κ2) is 9.77. The first-order chi connectivity index (χ1) is 13.9. The van der Waals surface area contributed by atoms with Crippen LogP contribution in [0.25, 0.3) is 22.8 Å². The van der Waals surface area contributed by atoms with Crippen molar-refractivity contribution in [1.82, 2.24) is 0 Å². The molecule has 0 aliphatic carbocycles. The van der Waals surface area contributed by atoms with E-state index < -0.39 is 12.4 Å². The van der Waals surface area contributed by atoms with Gasteiger partial charge in [0.1, 0.15) is 0 Å². The van der Waals surface area contributed by atoms with Gasteiger partial charge in [-0.2, -0.15) is 0 Å². The first-order valence-electron chi connectivity index (χ1n) is 8.58. The van der Waals surface area contributed by atoms with E-state index in [4.69, 9.17) is 23.7 Å². The molecule has 1 N–H and O–H groups in total. The zero-order valence-corrected chi connectivity index (χ0v) is 16.9. The number of carboxylic acids is 1. The first-order valence-corrected chi connectivity index (χ1v) is 8.58. The topological polar surface area (TPSA) is 83.5 Å². The van der Waals surface area contributed by atoms with E-state index in [-0.39, 0.29) is 5.57 Å². The summed E-state index contributed by atoms with van der Waals surface area (Å²) in [6.45, 7) is 6.48. The van der Waals surface area contributed by atoms with Crippen LogP contribution in [-0.4, -0.2) is 46.0 Å². The summed E-state index contributed by atoms with van der Waals surface area (Å²) >= 11 is 0. The molecule has 0 saturated carbocycles. The second-order valence-electron chi connectivity index (χ2n) is 5.85. The highest BCUT2D eigenvalue weighted by atomic mass is 16.8. The number of hydrogen-bond donors (Lipinski definition) is 1. The molecule has 2 aromatic rings. The van der Waals surface area contributed by atoms with E-state index in [1.807, 2.05) is 6.07 Å². The van der Waals surface area contributed by atoms with Gasteiger partial charge in [0, 0.05) is 19.8 Å². The largest absolute Gasteiger partial charge is 0.493 e. The number of rotatable bonds is 10. The van der Waals surface area contributed by atoms with E-state index in [1.165, 1.54) is 28.4 Å². The maximum atomic E-state index is 11.3. The van der Waals surface area contributed by atoms with Crippen LogP contribution in [0.3, 0.4) is 0 Å². The zero-order chi connectivity index (χ0) is 21.6. The Morgan fingerprint density at radius 2 is 1.76 bits per heavy atom. The molecule has 0 spiro atoms. The van der Waals surface area contributed by atoms with Crippen LogP contribution in [0.5, 0.6) is 17.2 Å². The average molecular weight is 400 g/mol. The van der Waals surface area contributed by atoms with Crippen molar-refractivity contribution in [2.75, 3.05) is 28.4 Å². The van der Waals surface area contributed by atoms with Crippen LogP contribution in [0.4, 0.5) is 0 Å². The van der Waals surface area contributed by atoms with Crippen molar-refractivity contribution in [3.63, 3.8) is 0 Å². The number of carboxylic acid groups (broad SMARTS) is 1. The lowest BCUT2D eigenvalue weighted by molar-refractivity contribution is -0.219. The molecule has 154 valence electrons.